The molecule has 2 aromatic rings. The standard InChI is InChI=1S/C20H24N2O5S2/c23-20(21-15-5-7-17(8-6-15)28-16-3-1-2-4-16)18-9-10-19(27-18)29(24,25)22-11-13-26-14-12-22/h5-10,16H,1-4,11-14H2,(H,21,23). The Bertz CT molecular complexity index is 944. The van der Waals surface area contributed by atoms with E-state index in [4.69, 9.17) is 9.15 Å². The molecule has 1 saturated heterocycles. The molecule has 0 spiro atoms. The van der Waals surface area contributed by atoms with E-state index >= 15 is 0 Å². The van der Waals surface area contributed by atoms with Gasteiger partial charge in [-0.15, -0.1) is 11.8 Å². The van der Waals surface area contributed by atoms with Gasteiger partial charge in [-0.2, -0.15) is 4.31 Å². The molecular weight excluding hydrogens is 412 g/mol. The van der Waals surface area contributed by atoms with Gasteiger partial charge in [0.15, 0.2) is 5.76 Å². The molecule has 1 amide bonds. The van der Waals surface area contributed by atoms with Crippen LogP contribution in [-0.2, 0) is 14.8 Å². The molecule has 0 atom stereocenters. The van der Waals surface area contributed by atoms with Crippen molar-refractivity contribution in [2.24, 2.45) is 0 Å². The van der Waals surface area contributed by atoms with Crippen LogP contribution < -0.4 is 5.32 Å². The van der Waals surface area contributed by atoms with Crippen molar-refractivity contribution in [1.29, 1.82) is 0 Å². The maximum absolute atomic E-state index is 12.6. The van der Waals surface area contributed by atoms with E-state index in [1.165, 1.54) is 47.0 Å². The molecule has 0 bridgehead atoms. The van der Waals surface area contributed by atoms with Crippen LogP contribution in [0.3, 0.4) is 0 Å². The van der Waals surface area contributed by atoms with Gasteiger partial charge in [0.1, 0.15) is 0 Å². The minimum Gasteiger partial charge on any atom is -0.438 e. The Morgan fingerprint density at radius 1 is 1.03 bits per heavy atom. The highest BCUT2D eigenvalue weighted by molar-refractivity contribution is 8.00. The van der Waals surface area contributed by atoms with Crippen molar-refractivity contribution in [2.75, 3.05) is 31.6 Å². The Labute approximate surface area is 174 Å². The minimum absolute atomic E-state index is 0.0405. The van der Waals surface area contributed by atoms with E-state index < -0.39 is 15.9 Å². The van der Waals surface area contributed by atoms with E-state index in [-0.39, 0.29) is 23.9 Å². The Morgan fingerprint density at radius 2 is 1.72 bits per heavy atom. The fourth-order valence-electron chi connectivity index (χ4n) is 3.50. The largest absolute Gasteiger partial charge is 0.438 e. The molecule has 1 aliphatic heterocycles. The number of sulfonamides is 1. The average molecular weight is 437 g/mol. The number of amides is 1. The van der Waals surface area contributed by atoms with Crippen LogP contribution in [0.15, 0.2) is 50.8 Å². The second kappa shape index (κ2) is 8.91. The first-order valence-electron chi connectivity index (χ1n) is 9.78. The van der Waals surface area contributed by atoms with Crippen LogP contribution in [0.2, 0.25) is 0 Å². The van der Waals surface area contributed by atoms with Crippen LogP contribution in [0.5, 0.6) is 0 Å². The second-order valence-corrected chi connectivity index (χ2v) is 10.4. The molecule has 156 valence electrons. The van der Waals surface area contributed by atoms with Gasteiger partial charge in [0, 0.05) is 28.9 Å². The van der Waals surface area contributed by atoms with E-state index in [0.717, 1.165) is 0 Å². The van der Waals surface area contributed by atoms with Gasteiger partial charge in [-0.25, -0.2) is 8.42 Å². The van der Waals surface area contributed by atoms with Gasteiger partial charge < -0.3 is 14.5 Å². The summed E-state index contributed by atoms with van der Waals surface area (Å²) in [5.74, 6) is -0.522. The quantitative estimate of drug-likeness (QED) is 0.744. The van der Waals surface area contributed by atoms with Crippen LogP contribution in [0.1, 0.15) is 36.2 Å². The Kier molecular flexibility index (Phi) is 6.29. The molecule has 0 unspecified atom stereocenters. The van der Waals surface area contributed by atoms with Gasteiger partial charge in [-0.3, -0.25) is 4.79 Å². The topological polar surface area (TPSA) is 88.9 Å². The SMILES string of the molecule is O=C(Nc1ccc(SC2CCCC2)cc1)c1ccc(S(=O)(=O)N2CCOCC2)o1. The van der Waals surface area contributed by atoms with Crippen LogP contribution in [-0.4, -0.2) is 50.2 Å². The Balaban J connectivity index is 1.38. The Hall–Kier alpha value is -1.81. The summed E-state index contributed by atoms with van der Waals surface area (Å²) in [5, 5.41) is 3.21. The van der Waals surface area contributed by atoms with E-state index in [1.807, 2.05) is 36.0 Å². The molecule has 1 saturated carbocycles. The summed E-state index contributed by atoms with van der Waals surface area (Å²) in [6, 6.07) is 10.4. The lowest BCUT2D eigenvalue weighted by atomic mass is 10.3. The predicted molar refractivity (Wildman–Crippen MR) is 111 cm³/mol. The van der Waals surface area contributed by atoms with Crippen molar-refractivity contribution in [3.05, 3.63) is 42.2 Å². The number of hydrogen-bond acceptors (Lipinski definition) is 6. The fourth-order valence-corrected chi connectivity index (χ4v) is 6.07. The molecule has 2 fully saturated rings. The van der Waals surface area contributed by atoms with Crippen molar-refractivity contribution in [2.45, 2.75) is 40.9 Å². The first kappa shape index (κ1) is 20.5. The number of thioether (sulfide) groups is 1. The van der Waals surface area contributed by atoms with Crippen LogP contribution >= 0.6 is 11.8 Å². The summed E-state index contributed by atoms with van der Waals surface area (Å²) in [7, 11) is -3.76. The average Bonchev–Trinajstić information content (AvgIpc) is 3.42. The number of furan rings is 1. The highest BCUT2D eigenvalue weighted by Crippen LogP contribution is 2.35. The van der Waals surface area contributed by atoms with Crippen molar-refractivity contribution in [3.63, 3.8) is 0 Å². The Morgan fingerprint density at radius 3 is 2.41 bits per heavy atom. The zero-order valence-corrected chi connectivity index (χ0v) is 17.6. The highest BCUT2D eigenvalue weighted by atomic mass is 32.2. The first-order valence-corrected chi connectivity index (χ1v) is 12.1. The number of ether oxygens (including phenoxy) is 1. The molecule has 1 N–H and O–H groups in total. The molecule has 1 aromatic carbocycles. The van der Waals surface area contributed by atoms with Crippen molar-refractivity contribution < 1.29 is 22.4 Å². The lowest BCUT2D eigenvalue weighted by Crippen LogP contribution is -2.40. The lowest BCUT2D eigenvalue weighted by Gasteiger charge is -2.24. The van der Waals surface area contributed by atoms with E-state index in [0.29, 0.717) is 24.2 Å². The summed E-state index contributed by atoms with van der Waals surface area (Å²) in [6.07, 6.45) is 5.13. The van der Waals surface area contributed by atoms with Gasteiger partial charge in [-0.05, 0) is 49.2 Å². The fraction of sp³-hybridized carbons (Fsp3) is 0.450. The number of carbonyl (C=O) groups excluding carboxylic acids is 1. The third kappa shape index (κ3) is 4.85. The summed E-state index contributed by atoms with van der Waals surface area (Å²) in [4.78, 5) is 13.6. The monoisotopic (exact) mass is 436 g/mol. The van der Waals surface area contributed by atoms with Gasteiger partial charge in [0.2, 0.25) is 5.09 Å². The number of morpholine rings is 1. The molecule has 0 radical (unpaired) electrons. The maximum Gasteiger partial charge on any atom is 0.291 e. The zero-order valence-electron chi connectivity index (χ0n) is 16.0. The van der Waals surface area contributed by atoms with Crippen LogP contribution in [0, 0.1) is 0 Å². The number of rotatable bonds is 6. The molecule has 9 heteroatoms. The van der Waals surface area contributed by atoms with Gasteiger partial charge in [-0.1, -0.05) is 12.8 Å². The molecule has 2 aliphatic rings. The number of nitrogens with one attached hydrogen (secondary N) is 1. The molecular formula is C20H24N2O5S2. The molecule has 1 aliphatic carbocycles. The third-order valence-electron chi connectivity index (χ3n) is 5.09. The van der Waals surface area contributed by atoms with Crippen LogP contribution in [0.25, 0.3) is 0 Å². The first-order chi connectivity index (χ1) is 14.0. The van der Waals surface area contributed by atoms with Gasteiger partial charge >= 0.3 is 0 Å². The minimum atomic E-state index is -3.76. The predicted octanol–water partition coefficient (Wildman–Crippen LogP) is 3.59. The highest BCUT2D eigenvalue weighted by Gasteiger charge is 2.30. The molecule has 7 nitrogen and oxygen atoms in total. The number of anilines is 1. The van der Waals surface area contributed by atoms with E-state index in [9.17, 15) is 13.2 Å². The zero-order chi connectivity index (χ0) is 20.3. The van der Waals surface area contributed by atoms with Gasteiger partial charge in [0.05, 0.1) is 13.2 Å². The summed E-state index contributed by atoms with van der Waals surface area (Å²) in [6.45, 7) is 1.25. The summed E-state index contributed by atoms with van der Waals surface area (Å²) < 4.78 is 37.1. The van der Waals surface area contributed by atoms with E-state index in [2.05, 4.69) is 5.32 Å². The second-order valence-electron chi connectivity index (χ2n) is 7.14. The number of benzene rings is 1. The van der Waals surface area contributed by atoms with Crippen molar-refractivity contribution in [3.8, 4) is 0 Å². The normalized spacial score (nSPS) is 18.8. The maximum atomic E-state index is 12.6. The number of nitrogens with zero attached hydrogens (tertiary/aromatic N) is 1. The number of carbonyl (C=O) groups is 1. The van der Waals surface area contributed by atoms with Crippen molar-refractivity contribution >= 4 is 33.4 Å². The molecule has 1 aromatic heterocycles. The summed E-state index contributed by atoms with van der Waals surface area (Å²) in [5.41, 5.74) is 0.639. The van der Waals surface area contributed by atoms with E-state index in [1.54, 1.807) is 0 Å². The molecule has 4 rings (SSSR count). The van der Waals surface area contributed by atoms with Crippen molar-refractivity contribution in [1.82, 2.24) is 4.31 Å². The van der Waals surface area contributed by atoms with Gasteiger partial charge in [0.25, 0.3) is 15.9 Å². The number of hydrogen-bond donors (Lipinski definition) is 1. The lowest BCUT2D eigenvalue weighted by molar-refractivity contribution is 0.0723. The molecule has 29 heavy (non-hydrogen) atoms. The third-order valence-corrected chi connectivity index (χ3v) is 8.21. The van der Waals surface area contributed by atoms with Crippen LogP contribution in [0.4, 0.5) is 5.69 Å². The summed E-state index contributed by atoms with van der Waals surface area (Å²) >= 11 is 1.88. The smallest absolute Gasteiger partial charge is 0.291 e. The molecule has 2 heterocycles.